The summed E-state index contributed by atoms with van der Waals surface area (Å²) in [4.78, 5) is 24.3. The van der Waals surface area contributed by atoms with Crippen LogP contribution in [-0.4, -0.2) is 46.3 Å². The largest absolute Gasteiger partial charge is 0.478 e. The fourth-order valence-electron chi connectivity index (χ4n) is 2.29. The van der Waals surface area contributed by atoms with Gasteiger partial charge < -0.3 is 20.4 Å². The molecule has 1 aliphatic heterocycles. The van der Waals surface area contributed by atoms with Crippen LogP contribution in [0.25, 0.3) is 0 Å². The second-order valence-electron chi connectivity index (χ2n) is 5.21. The Morgan fingerprint density at radius 3 is 2.71 bits per heavy atom. The standard InChI is InChI=1S/C14H17FN2O4/c1-8-7-17(5-4-12(8)18)14(21)16-9-2-3-10(13(19)20)11(15)6-9/h2-3,6,8,12,18H,4-5,7H2,1H3,(H,16,21)(H,19,20). The molecule has 2 rings (SSSR count). The molecule has 0 aliphatic carbocycles. The smallest absolute Gasteiger partial charge is 0.338 e. The van der Waals surface area contributed by atoms with Gasteiger partial charge in [-0.3, -0.25) is 0 Å². The third kappa shape index (κ3) is 3.49. The minimum atomic E-state index is -1.36. The van der Waals surface area contributed by atoms with E-state index in [1.165, 1.54) is 6.07 Å². The Labute approximate surface area is 121 Å². The zero-order valence-electron chi connectivity index (χ0n) is 11.5. The summed E-state index contributed by atoms with van der Waals surface area (Å²) in [6.07, 6.45) is 0.0855. The number of aromatic carboxylic acids is 1. The van der Waals surface area contributed by atoms with Crippen molar-refractivity contribution in [3.63, 3.8) is 0 Å². The van der Waals surface area contributed by atoms with Crippen LogP contribution in [0.3, 0.4) is 0 Å². The molecule has 7 heteroatoms. The van der Waals surface area contributed by atoms with Gasteiger partial charge in [-0.1, -0.05) is 6.92 Å². The minimum absolute atomic E-state index is 0.0179. The predicted octanol–water partition coefficient (Wildman–Crippen LogP) is 1.76. The number of carboxylic acid groups (broad SMARTS) is 1. The Balaban J connectivity index is 2.03. The first-order valence-electron chi connectivity index (χ1n) is 6.65. The molecule has 2 unspecified atom stereocenters. The van der Waals surface area contributed by atoms with Crippen molar-refractivity contribution in [3.8, 4) is 0 Å². The average Bonchev–Trinajstić information content (AvgIpc) is 2.41. The van der Waals surface area contributed by atoms with Crippen LogP contribution in [0.5, 0.6) is 0 Å². The van der Waals surface area contributed by atoms with Crippen molar-refractivity contribution in [3.05, 3.63) is 29.6 Å². The van der Waals surface area contributed by atoms with Gasteiger partial charge in [0.2, 0.25) is 0 Å². The van der Waals surface area contributed by atoms with E-state index in [9.17, 15) is 19.1 Å². The zero-order chi connectivity index (χ0) is 15.6. The topological polar surface area (TPSA) is 89.9 Å². The molecule has 0 spiro atoms. The molecule has 1 fully saturated rings. The van der Waals surface area contributed by atoms with Crippen LogP contribution in [0.4, 0.5) is 14.9 Å². The quantitative estimate of drug-likeness (QED) is 0.775. The number of carbonyl (C=O) groups is 2. The van der Waals surface area contributed by atoms with E-state index < -0.39 is 29.5 Å². The van der Waals surface area contributed by atoms with Crippen LogP contribution in [0.2, 0.25) is 0 Å². The number of carbonyl (C=O) groups excluding carboxylic acids is 1. The first kappa shape index (κ1) is 15.2. The van der Waals surface area contributed by atoms with Crippen molar-refractivity contribution in [1.82, 2.24) is 4.90 Å². The number of anilines is 1. The number of carboxylic acids is 1. The molecule has 3 N–H and O–H groups in total. The van der Waals surface area contributed by atoms with Gasteiger partial charge in [-0.15, -0.1) is 0 Å². The van der Waals surface area contributed by atoms with E-state index >= 15 is 0 Å². The van der Waals surface area contributed by atoms with Crippen LogP contribution in [0.15, 0.2) is 18.2 Å². The number of piperidine rings is 1. The van der Waals surface area contributed by atoms with Crippen LogP contribution in [0.1, 0.15) is 23.7 Å². The summed E-state index contributed by atoms with van der Waals surface area (Å²) in [5.41, 5.74) is -0.246. The summed E-state index contributed by atoms with van der Waals surface area (Å²) in [5, 5.41) is 20.9. The highest BCUT2D eigenvalue weighted by atomic mass is 19.1. The highest BCUT2D eigenvalue weighted by Gasteiger charge is 2.27. The van der Waals surface area contributed by atoms with E-state index in [2.05, 4.69) is 5.32 Å². The molecule has 0 bridgehead atoms. The van der Waals surface area contributed by atoms with Crippen molar-refractivity contribution in [2.24, 2.45) is 5.92 Å². The lowest BCUT2D eigenvalue weighted by Crippen LogP contribution is -2.46. The van der Waals surface area contributed by atoms with E-state index in [1.807, 2.05) is 6.92 Å². The molecule has 21 heavy (non-hydrogen) atoms. The Bertz CT molecular complexity index is 564. The van der Waals surface area contributed by atoms with E-state index in [-0.39, 0.29) is 11.6 Å². The maximum Gasteiger partial charge on any atom is 0.338 e. The number of likely N-dealkylation sites (tertiary alicyclic amines) is 1. The van der Waals surface area contributed by atoms with Gasteiger partial charge in [0.05, 0.1) is 11.7 Å². The minimum Gasteiger partial charge on any atom is -0.478 e. The maximum absolute atomic E-state index is 13.5. The summed E-state index contributed by atoms with van der Waals surface area (Å²) >= 11 is 0. The van der Waals surface area contributed by atoms with Gasteiger partial charge in [0.15, 0.2) is 0 Å². The Kier molecular flexibility index (Phi) is 4.42. The van der Waals surface area contributed by atoms with Gasteiger partial charge in [-0.2, -0.15) is 0 Å². The van der Waals surface area contributed by atoms with Crippen molar-refractivity contribution >= 4 is 17.7 Å². The number of hydrogen-bond donors (Lipinski definition) is 3. The number of aliphatic hydroxyl groups excluding tert-OH is 1. The number of benzene rings is 1. The van der Waals surface area contributed by atoms with E-state index in [0.717, 1.165) is 12.1 Å². The number of nitrogens with one attached hydrogen (secondary N) is 1. The number of amides is 2. The Morgan fingerprint density at radius 2 is 2.14 bits per heavy atom. The zero-order valence-corrected chi connectivity index (χ0v) is 11.5. The average molecular weight is 296 g/mol. The molecule has 0 aromatic heterocycles. The first-order valence-corrected chi connectivity index (χ1v) is 6.65. The molecule has 1 aromatic rings. The molecule has 1 aromatic carbocycles. The van der Waals surface area contributed by atoms with Gasteiger partial charge in [0.25, 0.3) is 0 Å². The summed E-state index contributed by atoms with van der Waals surface area (Å²) in [7, 11) is 0. The SMILES string of the molecule is CC1CN(C(=O)Nc2ccc(C(=O)O)c(F)c2)CCC1O. The number of hydrogen-bond acceptors (Lipinski definition) is 3. The van der Waals surface area contributed by atoms with Crippen molar-refractivity contribution in [2.45, 2.75) is 19.4 Å². The molecule has 2 atom stereocenters. The van der Waals surface area contributed by atoms with Crippen molar-refractivity contribution < 1.29 is 24.2 Å². The van der Waals surface area contributed by atoms with Crippen LogP contribution in [-0.2, 0) is 0 Å². The van der Waals surface area contributed by atoms with Gasteiger partial charge in [0.1, 0.15) is 5.82 Å². The molecule has 0 saturated carbocycles. The van der Waals surface area contributed by atoms with E-state index in [4.69, 9.17) is 5.11 Å². The normalized spacial score (nSPS) is 22.0. The molecule has 0 radical (unpaired) electrons. The Hall–Kier alpha value is -2.15. The number of halogens is 1. The summed E-state index contributed by atoms with van der Waals surface area (Å²) in [6, 6.07) is 3.03. The predicted molar refractivity (Wildman–Crippen MR) is 73.7 cm³/mol. The van der Waals surface area contributed by atoms with Crippen LogP contribution in [0, 0.1) is 11.7 Å². The maximum atomic E-state index is 13.5. The number of urea groups is 1. The fraction of sp³-hybridized carbons (Fsp3) is 0.429. The highest BCUT2D eigenvalue weighted by molar-refractivity contribution is 5.91. The van der Waals surface area contributed by atoms with Gasteiger partial charge >= 0.3 is 12.0 Å². The second kappa shape index (κ2) is 6.09. The molecule has 6 nitrogen and oxygen atoms in total. The molecule has 114 valence electrons. The molecular formula is C14H17FN2O4. The summed E-state index contributed by atoms with van der Waals surface area (Å²) in [6.45, 7) is 2.70. The van der Waals surface area contributed by atoms with Crippen LogP contribution >= 0.6 is 0 Å². The van der Waals surface area contributed by atoms with E-state index in [0.29, 0.717) is 19.5 Å². The monoisotopic (exact) mass is 296 g/mol. The molecule has 1 heterocycles. The Morgan fingerprint density at radius 1 is 1.43 bits per heavy atom. The molecule has 1 aliphatic rings. The fourth-order valence-corrected chi connectivity index (χ4v) is 2.29. The third-order valence-corrected chi connectivity index (χ3v) is 3.60. The molecule has 2 amide bonds. The number of aliphatic hydroxyl groups is 1. The van der Waals surface area contributed by atoms with Gasteiger partial charge in [0, 0.05) is 18.8 Å². The van der Waals surface area contributed by atoms with Crippen molar-refractivity contribution in [1.29, 1.82) is 0 Å². The lowest BCUT2D eigenvalue weighted by molar-refractivity contribution is 0.0506. The number of rotatable bonds is 2. The van der Waals surface area contributed by atoms with Gasteiger partial charge in [-0.05, 0) is 30.5 Å². The van der Waals surface area contributed by atoms with Gasteiger partial charge in [-0.25, -0.2) is 14.0 Å². The highest BCUT2D eigenvalue weighted by Crippen LogP contribution is 2.19. The summed E-state index contributed by atoms with van der Waals surface area (Å²) < 4.78 is 13.5. The summed E-state index contributed by atoms with van der Waals surface area (Å²) in [5.74, 6) is -2.28. The van der Waals surface area contributed by atoms with E-state index in [1.54, 1.807) is 4.90 Å². The first-order chi connectivity index (χ1) is 9.88. The molecular weight excluding hydrogens is 279 g/mol. The van der Waals surface area contributed by atoms with Crippen LogP contribution < -0.4 is 5.32 Å². The second-order valence-corrected chi connectivity index (χ2v) is 5.21. The third-order valence-electron chi connectivity index (χ3n) is 3.60. The lowest BCUT2D eigenvalue weighted by atomic mass is 9.97. The number of nitrogens with zero attached hydrogens (tertiary/aromatic N) is 1. The molecule has 1 saturated heterocycles. The van der Waals surface area contributed by atoms with Crippen molar-refractivity contribution in [2.75, 3.05) is 18.4 Å². The lowest BCUT2D eigenvalue weighted by Gasteiger charge is -2.34.